The van der Waals surface area contributed by atoms with Gasteiger partial charge in [-0.15, -0.1) is 0 Å². The zero-order valence-corrected chi connectivity index (χ0v) is 10.8. The van der Waals surface area contributed by atoms with Crippen LogP contribution in [0.5, 0.6) is 5.75 Å². The van der Waals surface area contributed by atoms with Gasteiger partial charge in [0.05, 0.1) is 0 Å². The van der Waals surface area contributed by atoms with E-state index in [1.807, 2.05) is 32.9 Å². The van der Waals surface area contributed by atoms with Gasteiger partial charge in [-0.2, -0.15) is 13.2 Å². The molecule has 0 aliphatic heterocycles. The van der Waals surface area contributed by atoms with Crippen LogP contribution in [0, 0.1) is 26.7 Å². The molecule has 0 saturated carbocycles. The summed E-state index contributed by atoms with van der Waals surface area (Å²) < 4.78 is 42.9. The third-order valence-corrected chi connectivity index (χ3v) is 2.78. The van der Waals surface area contributed by atoms with Gasteiger partial charge in [-0.3, -0.25) is 0 Å². The Morgan fingerprint density at radius 1 is 1.17 bits per heavy atom. The fourth-order valence-corrected chi connectivity index (χ4v) is 1.87. The van der Waals surface area contributed by atoms with Gasteiger partial charge < -0.3 is 10.5 Å². The van der Waals surface area contributed by atoms with Crippen molar-refractivity contribution in [1.29, 1.82) is 0 Å². The Morgan fingerprint density at radius 3 is 2.06 bits per heavy atom. The van der Waals surface area contributed by atoms with E-state index in [2.05, 4.69) is 0 Å². The summed E-state index contributed by atoms with van der Waals surface area (Å²) >= 11 is 0. The van der Waals surface area contributed by atoms with Crippen LogP contribution >= 0.6 is 0 Å². The summed E-state index contributed by atoms with van der Waals surface area (Å²) in [4.78, 5) is 0. The molecular weight excluding hydrogens is 243 g/mol. The van der Waals surface area contributed by atoms with Gasteiger partial charge in [0.2, 0.25) is 0 Å². The average molecular weight is 261 g/mol. The highest BCUT2D eigenvalue weighted by atomic mass is 19.4. The molecule has 5 heteroatoms. The zero-order chi connectivity index (χ0) is 13.9. The van der Waals surface area contributed by atoms with Gasteiger partial charge in [0.1, 0.15) is 18.3 Å². The highest BCUT2D eigenvalue weighted by Crippen LogP contribution is 2.29. The van der Waals surface area contributed by atoms with E-state index < -0.39 is 25.2 Å². The van der Waals surface area contributed by atoms with Crippen LogP contribution < -0.4 is 10.5 Å². The monoisotopic (exact) mass is 261 g/mol. The van der Waals surface area contributed by atoms with Crippen molar-refractivity contribution in [2.24, 2.45) is 11.7 Å². The fraction of sp³-hybridized carbons (Fsp3) is 0.538. The standard InChI is InChI=1S/C13H18F3NO/c1-8-4-9(2)12(10(3)5-8)18-7-11(6-17)13(14,15)16/h4-5,11H,6-7,17H2,1-3H3. The summed E-state index contributed by atoms with van der Waals surface area (Å²) in [5.74, 6) is -1.11. The largest absolute Gasteiger partial charge is 0.492 e. The van der Waals surface area contributed by atoms with Crippen molar-refractivity contribution >= 4 is 0 Å². The number of ether oxygens (including phenoxy) is 1. The second-order valence-electron chi connectivity index (χ2n) is 4.51. The molecule has 2 N–H and O–H groups in total. The van der Waals surface area contributed by atoms with Crippen LogP contribution in [0.1, 0.15) is 16.7 Å². The summed E-state index contributed by atoms with van der Waals surface area (Å²) in [5.41, 5.74) is 7.86. The summed E-state index contributed by atoms with van der Waals surface area (Å²) in [5, 5.41) is 0. The fourth-order valence-electron chi connectivity index (χ4n) is 1.87. The van der Waals surface area contributed by atoms with Crippen molar-refractivity contribution in [2.45, 2.75) is 26.9 Å². The second-order valence-corrected chi connectivity index (χ2v) is 4.51. The molecule has 1 atom stereocenters. The number of nitrogens with two attached hydrogens (primary N) is 1. The van der Waals surface area contributed by atoms with E-state index in [-0.39, 0.29) is 0 Å². The van der Waals surface area contributed by atoms with Gasteiger partial charge in [-0.05, 0) is 31.9 Å². The average Bonchev–Trinajstić information content (AvgIpc) is 2.19. The molecule has 1 unspecified atom stereocenters. The third-order valence-electron chi connectivity index (χ3n) is 2.78. The van der Waals surface area contributed by atoms with Gasteiger partial charge in [-0.25, -0.2) is 0 Å². The lowest BCUT2D eigenvalue weighted by Crippen LogP contribution is -2.35. The Labute approximate surface area is 105 Å². The van der Waals surface area contributed by atoms with Crippen molar-refractivity contribution in [3.05, 3.63) is 28.8 Å². The molecule has 0 heterocycles. The molecule has 102 valence electrons. The molecule has 0 amide bonds. The van der Waals surface area contributed by atoms with Crippen molar-refractivity contribution in [1.82, 2.24) is 0 Å². The molecule has 0 aromatic heterocycles. The predicted molar refractivity (Wildman–Crippen MR) is 64.7 cm³/mol. The summed E-state index contributed by atoms with van der Waals surface area (Å²) in [6.45, 7) is 4.67. The highest BCUT2D eigenvalue weighted by molar-refractivity contribution is 5.42. The lowest BCUT2D eigenvalue weighted by molar-refractivity contribution is -0.178. The maximum Gasteiger partial charge on any atom is 0.396 e. The number of alkyl halides is 3. The van der Waals surface area contributed by atoms with Gasteiger partial charge in [-0.1, -0.05) is 17.7 Å². The van der Waals surface area contributed by atoms with Crippen LogP contribution in [0.25, 0.3) is 0 Å². The topological polar surface area (TPSA) is 35.2 Å². The molecule has 1 aromatic carbocycles. The Kier molecular flexibility index (Phi) is 4.62. The van der Waals surface area contributed by atoms with Crippen molar-refractivity contribution < 1.29 is 17.9 Å². The molecule has 0 fully saturated rings. The van der Waals surface area contributed by atoms with E-state index in [4.69, 9.17) is 10.5 Å². The Hall–Kier alpha value is -1.23. The van der Waals surface area contributed by atoms with Crippen LogP contribution in [-0.4, -0.2) is 19.3 Å². The van der Waals surface area contributed by atoms with Gasteiger partial charge in [0.15, 0.2) is 0 Å². The van der Waals surface area contributed by atoms with E-state index in [0.29, 0.717) is 5.75 Å². The molecule has 0 aliphatic carbocycles. The first-order valence-electron chi connectivity index (χ1n) is 5.73. The van der Waals surface area contributed by atoms with Crippen LogP contribution in [0.3, 0.4) is 0 Å². The van der Waals surface area contributed by atoms with E-state index in [0.717, 1.165) is 16.7 Å². The van der Waals surface area contributed by atoms with Crippen LogP contribution in [0.15, 0.2) is 12.1 Å². The molecule has 1 aromatic rings. The first-order chi connectivity index (χ1) is 8.25. The molecule has 0 radical (unpaired) electrons. The first kappa shape index (κ1) is 14.8. The Bertz CT molecular complexity index is 392. The van der Waals surface area contributed by atoms with Crippen molar-refractivity contribution in [3.8, 4) is 5.75 Å². The van der Waals surface area contributed by atoms with Crippen molar-refractivity contribution in [2.75, 3.05) is 13.2 Å². The number of benzene rings is 1. The van der Waals surface area contributed by atoms with Gasteiger partial charge >= 0.3 is 6.18 Å². The lowest BCUT2D eigenvalue weighted by Gasteiger charge is -2.20. The summed E-state index contributed by atoms with van der Waals surface area (Å²) in [6.07, 6.45) is -4.32. The minimum atomic E-state index is -4.32. The molecule has 18 heavy (non-hydrogen) atoms. The maximum atomic E-state index is 12.5. The summed E-state index contributed by atoms with van der Waals surface area (Å²) in [6, 6.07) is 3.76. The number of halogens is 3. The smallest absolute Gasteiger partial charge is 0.396 e. The number of hydrogen-bond donors (Lipinski definition) is 1. The van der Waals surface area contributed by atoms with E-state index >= 15 is 0 Å². The molecule has 0 spiro atoms. The maximum absolute atomic E-state index is 12.5. The summed E-state index contributed by atoms with van der Waals surface area (Å²) in [7, 11) is 0. The van der Waals surface area contributed by atoms with Crippen molar-refractivity contribution in [3.63, 3.8) is 0 Å². The molecule has 2 nitrogen and oxygen atoms in total. The molecular formula is C13H18F3NO. The molecule has 0 bridgehead atoms. The number of aryl methyl sites for hydroxylation is 3. The van der Waals surface area contributed by atoms with E-state index in [9.17, 15) is 13.2 Å². The Balaban J connectivity index is 2.80. The third kappa shape index (κ3) is 3.63. The minimum absolute atomic E-state index is 0.440. The quantitative estimate of drug-likeness (QED) is 0.903. The normalized spacial score (nSPS) is 13.5. The number of rotatable bonds is 4. The number of hydrogen-bond acceptors (Lipinski definition) is 2. The second kappa shape index (κ2) is 5.61. The van der Waals surface area contributed by atoms with E-state index in [1.54, 1.807) is 0 Å². The zero-order valence-electron chi connectivity index (χ0n) is 10.8. The molecule has 0 aliphatic rings. The van der Waals surface area contributed by atoms with Gasteiger partial charge in [0.25, 0.3) is 0 Å². The highest BCUT2D eigenvalue weighted by Gasteiger charge is 2.39. The van der Waals surface area contributed by atoms with Gasteiger partial charge in [0, 0.05) is 6.54 Å². The van der Waals surface area contributed by atoms with Crippen LogP contribution in [0.2, 0.25) is 0 Å². The van der Waals surface area contributed by atoms with E-state index in [1.165, 1.54) is 0 Å². The predicted octanol–water partition coefficient (Wildman–Crippen LogP) is 3.13. The molecule has 1 rings (SSSR count). The SMILES string of the molecule is Cc1cc(C)c(OCC(CN)C(F)(F)F)c(C)c1. The minimum Gasteiger partial charge on any atom is -0.492 e. The van der Waals surface area contributed by atoms with Crippen LogP contribution in [-0.2, 0) is 0 Å². The van der Waals surface area contributed by atoms with Crippen LogP contribution in [0.4, 0.5) is 13.2 Å². The first-order valence-corrected chi connectivity index (χ1v) is 5.73. The molecule has 0 saturated heterocycles. The lowest BCUT2D eigenvalue weighted by atomic mass is 10.1. The Morgan fingerprint density at radius 2 is 1.67 bits per heavy atom.